The Bertz CT molecular complexity index is 357. The molecule has 0 amide bonds. The third kappa shape index (κ3) is 1.91. The fourth-order valence-electron chi connectivity index (χ4n) is 5.50. The fourth-order valence-corrected chi connectivity index (χ4v) is 5.50. The van der Waals surface area contributed by atoms with Crippen molar-refractivity contribution in [1.29, 1.82) is 0 Å². The van der Waals surface area contributed by atoms with Gasteiger partial charge in [0.25, 0.3) is 0 Å². The molecular weight excluding hydrogens is 230 g/mol. The SMILES string of the molecule is CC1(C)CCCCC1NC1CC2CCC1(C)C2(C)C. The summed E-state index contributed by atoms with van der Waals surface area (Å²) in [5, 5.41) is 4.14. The summed E-state index contributed by atoms with van der Waals surface area (Å²) in [6, 6.07) is 1.52. The molecule has 0 aliphatic heterocycles. The molecule has 3 fully saturated rings. The lowest BCUT2D eigenvalue weighted by molar-refractivity contribution is 0.0834. The van der Waals surface area contributed by atoms with Crippen molar-refractivity contribution in [2.75, 3.05) is 0 Å². The molecule has 4 atom stereocenters. The molecule has 0 saturated heterocycles. The Labute approximate surface area is 119 Å². The molecule has 0 aromatic rings. The zero-order valence-electron chi connectivity index (χ0n) is 13.7. The molecule has 3 aliphatic carbocycles. The van der Waals surface area contributed by atoms with Gasteiger partial charge in [-0.05, 0) is 54.3 Å². The fraction of sp³-hybridized carbons (Fsp3) is 1.00. The van der Waals surface area contributed by atoms with Crippen LogP contribution >= 0.6 is 0 Å². The van der Waals surface area contributed by atoms with E-state index in [0.717, 1.165) is 18.0 Å². The molecule has 110 valence electrons. The minimum Gasteiger partial charge on any atom is -0.310 e. The van der Waals surface area contributed by atoms with Gasteiger partial charge in [-0.25, -0.2) is 0 Å². The molecule has 19 heavy (non-hydrogen) atoms. The van der Waals surface area contributed by atoms with Crippen LogP contribution in [0.15, 0.2) is 0 Å². The van der Waals surface area contributed by atoms with Crippen LogP contribution in [0.2, 0.25) is 0 Å². The zero-order valence-corrected chi connectivity index (χ0v) is 13.7. The monoisotopic (exact) mass is 263 g/mol. The predicted molar refractivity (Wildman–Crippen MR) is 82.2 cm³/mol. The standard InChI is InChI=1S/C18H33N/c1-16(2)10-7-6-8-14(16)19-15-12-13-9-11-18(15,5)17(13,3)4/h13-15,19H,6-12H2,1-5H3. The van der Waals surface area contributed by atoms with Crippen LogP contribution in [0, 0.1) is 22.2 Å². The van der Waals surface area contributed by atoms with E-state index in [1.807, 2.05) is 0 Å². The maximum absolute atomic E-state index is 4.14. The van der Waals surface area contributed by atoms with Crippen LogP contribution in [0.5, 0.6) is 0 Å². The van der Waals surface area contributed by atoms with Crippen LogP contribution in [0.4, 0.5) is 0 Å². The first-order valence-corrected chi connectivity index (χ1v) is 8.53. The highest BCUT2D eigenvalue weighted by atomic mass is 15.0. The molecule has 3 rings (SSSR count). The lowest BCUT2D eigenvalue weighted by atomic mass is 9.67. The Morgan fingerprint density at radius 3 is 2.11 bits per heavy atom. The van der Waals surface area contributed by atoms with E-state index in [0.29, 0.717) is 16.2 Å². The summed E-state index contributed by atoms with van der Waals surface area (Å²) in [6.45, 7) is 12.6. The first-order valence-electron chi connectivity index (χ1n) is 8.53. The number of hydrogen-bond acceptors (Lipinski definition) is 1. The third-order valence-corrected chi connectivity index (χ3v) is 7.70. The van der Waals surface area contributed by atoms with Crippen LogP contribution in [0.3, 0.4) is 0 Å². The molecule has 1 N–H and O–H groups in total. The number of nitrogens with one attached hydrogen (secondary N) is 1. The first kappa shape index (κ1) is 13.9. The molecule has 3 saturated carbocycles. The van der Waals surface area contributed by atoms with Crippen molar-refractivity contribution in [3.63, 3.8) is 0 Å². The van der Waals surface area contributed by atoms with E-state index in [1.165, 1.54) is 44.9 Å². The van der Waals surface area contributed by atoms with E-state index in [9.17, 15) is 0 Å². The molecule has 0 heterocycles. The summed E-state index contributed by atoms with van der Waals surface area (Å²) >= 11 is 0. The Morgan fingerprint density at radius 2 is 1.58 bits per heavy atom. The third-order valence-electron chi connectivity index (χ3n) is 7.70. The summed E-state index contributed by atoms with van der Waals surface area (Å²) in [5.74, 6) is 0.960. The molecule has 1 nitrogen and oxygen atoms in total. The highest BCUT2D eigenvalue weighted by Crippen LogP contribution is 2.65. The van der Waals surface area contributed by atoms with Crippen LogP contribution in [0.25, 0.3) is 0 Å². The van der Waals surface area contributed by atoms with E-state index in [2.05, 4.69) is 39.9 Å². The Kier molecular flexibility index (Phi) is 3.10. The average molecular weight is 263 g/mol. The number of fused-ring (bicyclic) bond motifs is 2. The van der Waals surface area contributed by atoms with Crippen molar-refractivity contribution in [2.45, 2.75) is 91.6 Å². The van der Waals surface area contributed by atoms with Crippen LogP contribution < -0.4 is 5.32 Å². The van der Waals surface area contributed by atoms with E-state index >= 15 is 0 Å². The second-order valence-electron chi connectivity index (χ2n) is 9.12. The summed E-state index contributed by atoms with van der Waals surface area (Å²) < 4.78 is 0. The second kappa shape index (κ2) is 4.23. The van der Waals surface area contributed by atoms with Gasteiger partial charge in [0.05, 0.1) is 0 Å². The molecule has 0 aromatic heterocycles. The molecule has 0 spiro atoms. The van der Waals surface area contributed by atoms with E-state index in [1.54, 1.807) is 0 Å². The van der Waals surface area contributed by atoms with Crippen molar-refractivity contribution in [2.24, 2.45) is 22.2 Å². The summed E-state index contributed by atoms with van der Waals surface area (Å²) in [5.41, 5.74) is 1.58. The molecule has 3 aliphatic rings. The Morgan fingerprint density at radius 1 is 0.842 bits per heavy atom. The molecule has 0 aromatic carbocycles. The molecular formula is C18H33N. The first-order chi connectivity index (χ1) is 8.77. The van der Waals surface area contributed by atoms with Gasteiger partial charge >= 0.3 is 0 Å². The van der Waals surface area contributed by atoms with E-state index in [4.69, 9.17) is 0 Å². The largest absolute Gasteiger partial charge is 0.310 e. The van der Waals surface area contributed by atoms with Gasteiger partial charge in [-0.1, -0.05) is 47.5 Å². The van der Waals surface area contributed by atoms with Crippen molar-refractivity contribution < 1.29 is 0 Å². The Balaban J connectivity index is 1.75. The van der Waals surface area contributed by atoms with Crippen molar-refractivity contribution in [3.8, 4) is 0 Å². The van der Waals surface area contributed by atoms with Crippen molar-refractivity contribution in [1.82, 2.24) is 5.32 Å². The van der Waals surface area contributed by atoms with E-state index in [-0.39, 0.29) is 0 Å². The highest BCUT2D eigenvalue weighted by molar-refractivity contribution is 5.14. The van der Waals surface area contributed by atoms with Gasteiger partial charge in [0.2, 0.25) is 0 Å². The van der Waals surface area contributed by atoms with Gasteiger partial charge in [-0.2, -0.15) is 0 Å². The van der Waals surface area contributed by atoms with Crippen LogP contribution in [-0.2, 0) is 0 Å². The van der Waals surface area contributed by atoms with Gasteiger partial charge in [-0.15, -0.1) is 0 Å². The zero-order chi connectivity index (χ0) is 13.9. The Hall–Kier alpha value is -0.0400. The average Bonchev–Trinajstić information content (AvgIpc) is 2.64. The van der Waals surface area contributed by atoms with Gasteiger partial charge in [0.15, 0.2) is 0 Å². The van der Waals surface area contributed by atoms with E-state index < -0.39 is 0 Å². The molecule has 4 unspecified atom stereocenters. The minimum absolute atomic E-state index is 0.501. The summed E-state index contributed by atoms with van der Waals surface area (Å²) in [4.78, 5) is 0. The van der Waals surface area contributed by atoms with Gasteiger partial charge in [0.1, 0.15) is 0 Å². The number of rotatable bonds is 2. The number of hydrogen-bond donors (Lipinski definition) is 1. The van der Waals surface area contributed by atoms with Gasteiger partial charge in [0, 0.05) is 12.1 Å². The normalized spacial score (nSPS) is 47.5. The maximum atomic E-state index is 4.14. The van der Waals surface area contributed by atoms with Crippen molar-refractivity contribution >= 4 is 0 Å². The van der Waals surface area contributed by atoms with Crippen LogP contribution in [0.1, 0.15) is 79.6 Å². The smallest absolute Gasteiger partial charge is 0.0132 e. The lowest BCUT2D eigenvalue weighted by Gasteiger charge is -2.46. The summed E-state index contributed by atoms with van der Waals surface area (Å²) in [7, 11) is 0. The second-order valence-corrected chi connectivity index (χ2v) is 9.12. The molecule has 1 heteroatoms. The quantitative estimate of drug-likeness (QED) is 0.757. The highest BCUT2D eigenvalue weighted by Gasteiger charge is 2.61. The topological polar surface area (TPSA) is 12.0 Å². The lowest BCUT2D eigenvalue weighted by Crippen LogP contribution is -2.53. The molecule has 2 bridgehead atoms. The van der Waals surface area contributed by atoms with Gasteiger partial charge in [-0.3, -0.25) is 0 Å². The van der Waals surface area contributed by atoms with Crippen LogP contribution in [-0.4, -0.2) is 12.1 Å². The van der Waals surface area contributed by atoms with Gasteiger partial charge < -0.3 is 5.32 Å². The maximum Gasteiger partial charge on any atom is 0.0132 e. The summed E-state index contributed by atoms with van der Waals surface area (Å²) in [6.07, 6.45) is 9.99. The minimum atomic E-state index is 0.501. The predicted octanol–water partition coefficient (Wildman–Crippen LogP) is 4.76. The molecule has 0 radical (unpaired) electrons. The van der Waals surface area contributed by atoms with Crippen molar-refractivity contribution in [3.05, 3.63) is 0 Å².